The van der Waals surface area contributed by atoms with Gasteiger partial charge < -0.3 is 4.53 Å². The van der Waals surface area contributed by atoms with Gasteiger partial charge in [0.05, 0.1) is 0 Å². The predicted octanol–water partition coefficient (Wildman–Crippen LogP) is 3.42. The highest BCUT2D eigenvalue weighted by atomic mass is 28.4. The minimum atomic E-state index is -2.90. The van der Waals surface area contributed by atoms with Gasteiger partial charge in [0, 0.05) is 6.42 Å². The highest BCUT2D eigenvalue weighted by Gasteiger charge is 2.45. The maximum absolute atomic E-state index is 12.3. The molecule has 0 aliphatic carbocycles. The average molecular weight is 388 g/mol. The Balaban J connectivity index is 2.25. The van der Waals surface area contributed by atoms with Gasteiger partial charge in [-0.05, 0) is 22.0 Å². The molecular formula is C24H25NO2Si. The van der Waals surface area contributed by atoms with Crippen LogP contribution in [0.15, 0.2) is 96.2 Å². The Kier molecular flexibility index (Phi) is 6.56. The van der Waals surface area contributed by atoms with Crippen molar-refractivity contribution in [2.24, 2.45) is 5.16 Å². The fraction of sp³-hybridized carbons (Fsp3) is 0.167. The lowest BCUT2D eigenvalue weighted by molar-refractivity contribution is -0.112. The van der Waals surface area contributed by atoms with Crippen LogP contribution in [-0.2, 0) is 9.32 Å². The van der Waals surface area contributed by atoms with E-state index < -0.39 is 8.32 Å². The van der Waals surface area contributed by atoms with Crippen molar-refractivity contribution < 1.29 is 9.32 Å². The minimum absolute atomic E-state index is 0.0274. The first kappa shape index (κ1) is 19.8. The normalized spacial score (nSPS) is 11.9. The molecule has 4 heteroatoms. The summed E-state index contributed by atoms with van der Waals surface area (Å²) >= 11 is 0. The molecule has 0 radical (unpaired) electrons. The van der Waals surface area contributed by atoms with Crippen molar-refractivity contribution >= 4 is 35.4 Å². The maximum atomic E-state index is 12.3. The molecule has 0 amide bonds. The molecule has 0 saturated carbocycles. The Labute approximate surface area is 167 Å². The number of rotatable bonds is 8. The van der Waals surface area contributed by atoms with E-state index in [0.29, 0.717) is 18.6 Å². The fourth-order valence-electron chi connectivity index (χ4n) is 3.32. The van der Waals surface area contributed by atoms with E-state index in [1.54, 1.807) is 0 Å². The van der Waals surface area contributed by atoms with Crippen molar-refractivity contribution in [1.29, 1.82) is 0 Å². The van der Waals surface area contributed by atoms with E-state index in [4.69, 9.17) is 4.53 Å². The standard InChI is InChI=1S/C24H25NO2Si/c1-3-23(24(26)4-2)25-27-28(20-14-8-5-9-15-20,21-16-10-6-11-17-21)22-18-12-7-13-19-22/h5-19H,3-4H2,1-2H3/b25-23+. The van der Waals surface area contributed by atoms with Crippen molar-refractivity contribution in [1.82, 2.24) is 0 Å². The molecule has 0 spiro atoms. The summed E-state index contributed by atoms with van der Waals surface area (Å²) < 4.78 is 6.47. The highest BCUT2D eigenvalue weighted by molar-refractivity contribution is 7.07. The van der Waals surface area contributed by atoms with Gasteiger partial charge in [0.1, 0.15) is 5.71 Å². The summed E-state index contributed by atoms with van der Waals surface area (Å²) in [5.41, 5.74) is 0.488. The molecule has 3 aromatic carbocycles. The van der Waals surface area contributed by atoms with E-state index in [2.05, 4.69) is 41.6 Å². The van der Waals surface area contributed by atoms with Gasteiger partial charge in [0.15, 0.2) is 5.78 Å². The second-order valence-electron chi connectivity index (χ2n) is 6.54. The lowest BCUT2D eigenvalue weighted by atomic mass is 10.1. The monoisotopic (exact) mass is 387 g/mol. The van der Waals surface area contributed by atoms with Crippen LogP contribution in [-0.4, -0.2) is 19.8 Å². The number of benzene rings is 3. The van der Waals surface area contributed by atoms with Crippen LogP contribution in [0.5, 0.6) is 0 Å². The van der Waals surface area contributed by atoms with Gasteiger partial charge in [-0.2, -0.15) is 0 Å². The van der Waals surface area contributed by atoms with Crippen LogP contribution in [0.2, 0.25) is 0 Å². The molecule has 0 aliphatic rings. The van der Waals surface area contributed by atoms with E-state index >= 15 is 0 Å². The van der Waals surface area contributed by atoms with E-state index in [-0.39, 0.29) is 5.78 Å². The van der Waals surface area contributed by atoms with Gasteiger partial charge in [-0.3, -0.25) is 4.79 Å². The fourth-order valence-corrected chi connectivity index (χ4v) is 6.87. The number of hydrogen-bond acceptors (Lipinski definition) is 3. The lowest BCUT2D eigenvalue weighted by Crippen LogP contribution is -2.68. The molecule has 0 aliphatic heterocycles. The summed E-state index contributed by atoms with van der Waals surface area (Å²) in [7, 11) is -2.90. The molecular weight excluding hydrogens is 362 g/mol. The quantitative estimate of drug-likeness (QED) is 0.257. The van der Waals surface area contributed by atoms with Gasteiger partial charge >= 0.3 is 8.32 Å². The van der Waals surface area contributed by atoms with Crippen LogP contribution in [0.25, 0.3) is 0 Å². The number of Topliss-reactive ketones (excluding diaryl/α,β-unsaturated/α-hetero) is 1. The summed E-state index contributed by atoms with van der Waals surface area (Å²) in [6.07, 6.45) is 0.974. The molecule has 0 unspecified atom stereocenters. The van der Waals surface area contributed by atoms with Gasteiger partial charge in [-0.1, -0.05) is 105 Å². The van der Waals surface area contributed by atoms with Crippen LogP contribution in [0.3, 0.4) is 0 Å². The molecule has 0 fully saturated rings. The minimum Gasteiger partial charge on any atom is -0.438 e. The summed E-state index contributed by atoms with van der Waals surface area (Å²) in [4.78, 5) is 12.3. The number of hydrogen-bond donors (Lipinski definition) is 0. The zero-order chi connectivity index (χ0) is 19.8. The first-order valence-corrected chi connectivity index (χ1v) is 11.6. The summed E-state index contributed by atoms with van der Waals surface area (Å²) in [6, 6.07) is 30.7. The first-order chi connectivity index (χ1) is 13.7. The third-order valence-electron chi connectivity index (χ3n) is 4.81. The van der Waals surface area contributed by atoms with E-state index in [1.165, 1.54) is 0 Å². The van der Waals surface area contributed by atoms with Crippen LogP contribution in [0.4, 0.5) is 0 Å². The zero-order valence-electron chi connectivity index (χ0n) is 16.3. The van der Waals surface area contributed by atoms with Crippen molar-refractivity contribution in [3.63, 3.8) is 0 Å². The first-order valence-electron chi connectivity index (χ1n) is 9.67. The molecule has 0 saturated heterocycles. The molecule has 0 bridgehead atoms. The summed E-state index contributed by atoms with van der Waals surface area (Å²) in [6.45, 7) is 3.79. The lowest BCUT2D eigenvalue weighted by Gasteiger charge is -2.30. The van der Waals surface area contributed by atoms with Crippen LogP contribution >= 0.6 is 0 Å². The number of carbonyl (C=O) groups excluding carboxylic acids is 1. The van der Waals surface area contributed by atoms with E-state index in [0.717, 1.165) is 15.6 Å². The van der Waals surface area contributed by atoms with Gasteiger partial charge in [0.2, 0.25) is 0 Å². The number of carbonyl (C=O) groups is 1. The third kappa shape index (κ3) is 3.97. The van der Waals surface area contributed by atoms with Crippen molar-refractivity contribution in [2.75, 3.05) is 0 Å². The second-order valence-corrected chi connectivity index (χ2v) is 9.82. The Bertz CT molecular complexity index is 828. The zero-order valence-corrected chi connectivity index (χ0v) is 17.3. The largest absolute Gasteiger partial charge is 0.438 e. The molecule has 28 heavy (non-hydrogen) atoms. The topological polar surface area (TPSA) is 38.7 Å². The molecule has 3 nitrogen and oxygen atoms in total. The Morgan fingerprint density at radius 2 is 1.11 bits per heavy atom. The van der Waals surface area contributed by atoms with Gasteiger partial charge in [0.25, 0.3) is 0 Å². The molecule has 0 aromatic heterocycles. The van der Waals surface area contributed by atoms with Crippen LogP contribution < -0.4 is 15.6 Å². The second kappa shape index (κ2) is 9.29. The Hall–Kier alpha value is -2.98. The van der Waals surface area contributed by atoms with E-state index in [9.17, 15) is 4.79 Å². The van der Waals surface area contributed by atoms with Gasteiger partial charge in [-0.15, -0.1) is 5.16 Å². The maximum Gasteiger partial charge on any atom is 0.380 e. The summed E-state index contributed by atoms with van der Waals surface area (Å²) in [5, 5.41) is 7.72. The molecule has 142 valence electrons. The van der Waals surface area contributed by atoms with E-state index in [1.807, 2.05) is 68.4 Å². The van der Waals surface area contributed by atoms with Gasteiger partial charge in [-0.25, -0.2) is 0 Å². The molecule has 0 atom stereocenters. The van der Waals surface area contributed by atoms with Crippen LogP contribution in [0.1, 0.15) is 26.7 Å². The van der Waals surface area contributed by atoms with Crippen molar-refractivity contribution in [3.05, 3.63) is 91.0 Å². The Morgan fingerprint density at radius 3 is 1.43 bits per heavy atom. The smallest absolute Gasteiger partial charge is 0.380 e. The number of ketones is 1. The van der Waals surface area contributed by atoms with Crippen molar-refractivity contribution in [2.45, 2.75) is 26.7 Å². The van der Waals surface area contributed by atoms with Crippen molar-refractivity contribution in [3.8, 4) is 0 Å². The third-order valence-corrected chi connectivity index (χ3v) is 8.62. The number of oxime groups is 1. The molecule has 0 heterocycles. The predicted molar refractivity (Wildman–Crippen MR) is 118 cm³/mol. The average Bonchev–Trinajstić information content (AvgIpc) is 2.78. The summed E-state index contributed by atoms with van der Waals surface area (Å²) in [5.74, 6) is 0.0274. The highest BCUT2D eigenvalue weighted by Crippen LogP contribution is 2.11. The number of nitrogens with zero attached hydrogens (tertiary/aromatic N) is 1. The molecule has 3 aromatic rings. The molecule has 0 N–H and O–H groups in total. The Morgan fingerprint density at radius 1 is 0.714 bits per heavy atom. The molecule has 3 rings (SSSR count). The van der Waals surface area contributed by atoms with Crippen LogP contribution in [0, 0.1) is 0 Å². The SMILES string of the molecule is CCC(=O)/C(CC)=N/O[Si](c1ccccc1)(c1ccccc1)c1ccccc1.